The number of fused-ring (bicyclic) bond motifs is 1. The van der Waals surface area contributed by atoms with E-state index in [2.05, 4.69) is 42.2 Å². The molecule has 3 heteroatoms. The Morgan fingerprint density at radius 1 is 1.33 bits per heavy atom. The second kappa shape index (κ2) is 5.76. The molecule has 1 unspecified atom stereocenters. The van der Waals surface area contributed by atoms with Crippen LogP contribution >= 0.6 is 0 Å². The van der Waals surface area contributed by atoms with Crippen LogP contribution in [0.2, 0.25) is 0 Å². The zero-order chi connectivity index (χ0) is 14.8. The average molecular weight is 282 g/mol. The first-order chi connectivity index (χ1) is 10.2. The summed E-state index contributed by atoms with van der Waals surface area (Å²) in [5, 5.41) is 0. The quantitative estimate of drug-likeness (QED) is 0.831. The summed E-state index contributed by atoms with van der Waals surface area (Å²) in [6, 6.07) is 10.6. The molecular formula is C18H22N2O. The van der Waals surface area contributed by atoms with Crippen molar-refractivity contribution in [2.24, 2.45) is 5.73 Å². The maximum absolute atomic E-state index is 11.7. The van der Waals surface area contributed by atoms with Gasteiger partial charge < -0.3 is 10.7 Å². The van der Waals surface area contributed by atoms with Crippen LogP contribution < -0.4 is 5.73 Å². The molecule has 0 saturated carbocycles. The van der Waals surface area contributed by atoms with Crippen molar-refractivity contribution in [2.75, 3.05) is 0 Å². The number of benzene rings is 1. The summed E-state index contributed by atoms with van der Waals surface area (Å²) in [5.74, 6) is -0.375. The number of carbonyl (C=O) groups is 1. The molecule has 3 N–H and O–H groups in total. The number of carbonyl (C=O) groups excluding carboxylic acids is 1. The van der Waals surface area contributed by atoms with E-state index in [1.54, 1.807) is 0 Å². The molecule has 1 aromatic heterocycles. The zero-order valence-electron chi connectivity index (χ0n) is 12.5. The lowest BCUT2D eigenvalue weighted by molar-refractivity contribution is -0.119. The van der Waals surface area contributed by atoms with Gasteiger partial charge in [-0.2, -0.15) is 0 Å². The van der Waals surface area contributed by atoms with Crippen LogP contribution in [-0.2, 0) is 17.6 Å². The first kappa shape index (κ1) is 13.9. The molecule has 1 aliphatic carbocycles. The molecule has 110 valence electrons. The van der Waals surface area contributed by atoms with E-state index in [1.165, 1.54) is 16.7 Å². The third-order valence-electron chi connectivity index (χ3n) is 4.50. The fourth-order valence-corrected chi connectivity index (χ4v) is 3.36. The highest BCUT2D eigenvalue weighted by atomic mass is 16.1. The number of hydrogen-bond acceptors (Lipinski definition) is 1. The van der Waals surface area contributed by atoms with Gasteiger partial charge >= 0.3 is 0 Å². The summed E-state index contributed by atoms with van der Waals surface area (Å²) in [6.07, 6.45) is 5.08. The predicted molar refractivity (Wildman–Crippen MR) is 85.1 cm³/mol. The van der Waals surface area contributed by atoms with Crippen molar-refractivity contribution in [3.05, 3.63) is 47.2 Å². The van der Waals surface area contributed by atoms with Crippen LogP contribution in [0.15, 0.2) is 30.3 Å². The Balaban J connectivity index is 2.07. The number of primary amides is 1. The van der Waals surface area contributed by atoms with Gasteiger partial charge in [-0.25, -0.2) is 0 Å². The number of aryl methyl sites for hydroxylation is 2. The Morgan fingerprint density at radius 3 is 2.90 bits per heavy atom. The molecule has 1 amide bonds. The number of nitrogens with one attached hydrogen (secondary N) is 1. The van der Waals surface area contributed by atoms with E-state index in [9.17, 15) is 4.79 Å². The fourth-order valence-electron chi connectivity index (χ4n) is 3.36. The van der Waals surface area contributed by atoms with Gasteiger partial charge in [-0.15, -0.1) is 0 Å². The van der Waals surface area contributed by atoms with Gasteiger partial charge in [0, 0.05) is 17.0 Å². The van der Waals surface area contributed by atoms with E-state index in [0.717, 1.165) is 43.5 Å². The number of aromatic amines is 1. The van der Waals surface area contributed by atoms with Crippen LogP contribution in [-0.4, -0.2) is 10.9 Å². The summed E-state index contributed by atoms with van der Waals surface area (Å²) < 4.78 is 0. The smallest absolute Gasteiger partial charge is 0.226 e. The van der Waals surface area contributed by atoms with Gasteiger partial charge in [0.1, 0.15) is 0 Å². The molecule has 3 nitrogen and oxygen atoms in total. The topological polar surface area (TPSA) is 58.9 Å². The number of H-pyrrole nitrogens is 1. The standard InChI is InChI=1S/C18H22N2O/c1-2-12-7-3-5-9-14(12)16-11-13-8-4-6-10-15(18(19)21)17(13)20-16/h3,5,7,9,11,15,20H,2,4,6,8,10H2,1H3,(H2,19,21). The Bertz CT molecular complexity index is 657. The highest BCUT2D eigenvalue weighted by molar-refractivity contribution is 5.82. The molecule has 0 spiro atoms. The van der Waals surface area contributed by atoms with E-state index < -0.39 is 0 Å². The van der Waals surface area contributed by atoms with Gasteiger partial charge in [-0.1, -0.05) is 37.6 Å². The average Bonchev–Trinajstić information content (AvgIpc) is 2.80. The van der Waals surface area contributed by atoms with Crippen LogP contribution in [0.5, 0.6) is 0 Å². The van der Waals surface area contributed by atoms with Crippen molar-refractivity contribution >= 4 is 5.91 Å². The van der Waals surface area contributed by atoms with Crippen molar-refractivity contribution in [1.82, 2.24) is 4.98 Å². The van der Waals surface area contributed by atoms with Gasteiger partial charge in [0.25, 0.3) is 0 Å². The molecule has 0 aliphatic heterocycles. The second-order valence-corrected chi connectivity index (χ2v) is 5.83. The van der Waals surface area contributed by atoms with Crippen molar-refractivity contribution in [2.45, 2.75) is 44.9 Å². The SMILES string of the molecule is CCc1ccccc1-c1cc2c([nH]1)C(C(N)=O)CCCC2. The lowest BCUT2D eigenvalue weighted by atomic mass is 9.99. The van der Waals surface area contributed by atoms with Crippen molar-refractivity contribution in [1.29, 1.82) is 0 Å². The third kappa shape index (κ3) is 2.60. The molecule has 1 atom stereocenters. The lowest BCUT2D eigenvalue weighted by Gasteiger charge is -2.11. The van der Waals surface area contributed by atoms with Crippen molar-refractivity contribution in [3.8, 4) is 11.3 Å². The molecule has 0 saturated heterocycles. The molecule has 2 aromatic rings. The predicted octanol–water partition coefficient (Wildman–Crippen LogP) is 3.54. The number of hydrogen-bond donors (Lipinski definition) is 2. The van der Waals surface area contributed by atoms with Gasteiger partial charge in [0.2, 0.25) is 5.91 Å². The maximum atomic E-state index is 11.7. The van der Waals surface area contributed by atoms with Crippen molar-refractivity contribution < 1.29 is 4.79 Å². The minimum Gasteiger partial charge on any atom is -0.369 e. The molecule has 1 heterocycles. The number of amides is 1. The Labute approximate surface area is 125 Å². The molecule has 0 fully saturated rings. The molecule has 1 aromatic carbocycles. The van der Waals surface area contributed by atoms with Crippen LogP contribution in [0.3, 0.4) is 0 Å². The number of rotatable bonds is 3. The highest BCUT2D eigenvalue weighted by Crippen LogP contribution is 2.34. The summed E-state index contributed by atoms with van der Waals surface area (Å²) in [5.41, 5.74) is 11.6. The van der Waals surface area contributed by atoms with Crippen LogP contribution in [0.25, 0.3) is 11.3 Å². The first-order valence-electron chi connectivity index (χ1n) is 7.80. The van der Waals surface area contributed by atoms with Crippen molar-refractivity contribution in [3.63, 3.8) is 0 Å². The van der Waals surface area contributed by atoms with E-state index in [0.29, 0.717) is 0 Å². The normalized spacial score (nSPS) is 18.0. The summed E-state index contributed by atoms with van der Waals surface area (Å²) in [7, 11) is 0. The van der Waals surface area contributed by atoms with Crippen LogP contribution in [0.4, 0.5) is 0 Å². The fraction of sp³-hybridized carbons (Fsp3) is 0.389. The summed E-state index contributed by atoms with van der Waals surface area (Å²) in [6.45, 7) is 2.17. The molecule has 3 rings (SSSR count). The first-order valence-corrected chi connectivity index (χ1v) is 7.80. The largest absolute Gasteiger partial charge is 0.369 e. The van der Waals surface area contributed by atoms with Gasteiger partial charge in [0.15, 0.2) is 0 Å². The third-order valence-corrected chi connectivity index (χ3v) is 4.50. The van der Waals surface area contributed by atoms with E-state index in [-0.39, 0.29) is 11.8 Å². The summed E-state index contributed by atoms with van der Waals surface area (Å²) in [4.78, 5) is 15.2. The number of nitrogens with two attached hydrogens (primary N) is 1. The highest BCUT2D eigenvalue weighted by Gasteiger charge is 2.25. The Kier molecular flexibility index (Phi) is 3.82. The minimum atomic E-state index is -0.213. The van der Waals surface area contributed by atoms with Crippen LogP contribution in [0.1, 0.15) is 48.9 Å². The zero-order valence-corrected chi connectivity index (χ0v) is 12.5. The van der Waals surface area contributed by atoms with E-state index in [4.69, 9.17) is 5.73 Å². The Morgan fingerprint density at radius 2 is 2.14 bits per heavy atom. The maximum Gasteiger partial charge on any atom is 0.226 e. The van der Waals surface area contributed by atoms with E-state index in [1.807, 2.05) is 0 Å². The molecule has 0 radical (unpaired) electrons. The molecule has 21 heavy (non-hydrogen) atoms. The molecule has 0 bridgehead atoms. The molecular weight excluding hydrogens is 260 g/mol. The van der Waals surface area contributed by atoms with Gasteiger partial charge in [-0.05, 0) is 42.9 Å². The van der Waals surface area contributed by atoms with Gasteiger partial charge in [-0.3, -0.25) is 4.79 Å². The monoisotopic (exact) mass is 282 g/mol. The van der Waals surface area contributed by atoms with Gasteiger partial charge in [0.05, 0.1) is 5.92 Å². The second-order valence-electron chi connectivity index (χ2n) is 5.83. The van der Waals surface area contributed by atoms with Crippen LogP contribution in [0, 0.1) is 0 Å². The summed E-state index contributed by atoms with van der Waals surface area (Å²) >= 11 is 0. The minimum absolute atomic E-state index is 0.162. The van der Waals surface area contributed by atoms with E-state index >= 15 is 0 Å². The Hall–Kier alpha value is -2.03. The number of aromatic nitrogens is 1. The lowest BCUT2D eigenvalue weighted by Crippen LogP contribution is -2.21. The molecule has 1 aliphatic rings.